The fourth-order valence-electron chi connectivity index (χ4n) is 8.46. The van der Waals surface area contributed by atoms with Gasteiger partial charge in [-0.05, 0) is 80.4 Å². The number of benzene rings is 1. The molecule has 1 unspecified atom stereocenters. The molecule has 15 nitrogen and oxygen atoms in total. The van der Waals surface area contributed by atoms with E-state index in [9.17, 15) is 38.7 Å². The Morgan fingerprint density at radius 1 is 1.00 bits per heavy atom. The number of hydrogen-bond donors (Lipinski definition) is 4. The molecule has 8 atom stereocenters. The Kier molecular flexibility index (Phi) is 12.7. The van der Waals surface area contributed by atoms with Gasteiger partial charge in [-0.2, -0.15) is 0 Å². The number of fused-ring (bicyclic) bond motifs is 2. The van der Waals surface area contributed by atoms with Crippen molar-refractivity contribution in [3.63, 3.8) is 0 Å². The third-order valence-corrected chi connectivity index (χ3v) is 11.1. The number of nitrogens with zero attached hydrogens (tertiary/aromatic N) is 1. The number of carbonyl (C=O) groups is 7. The van der Waals surface area contributed by atoms with Crippen molar-refractivity contribution in [3.8, 4) is 5.75 Å². The first kappa shape index (κ1) is 39.6. The maximum Gasteiger partial charge on any atom is 0.407 e. The van der Waals surface area contributed by atoms with Crippen molar-refractivity contribution in [1.82, 2.24) is 20.9 Å². The highest BCUT2D eigenvalue weighted by Gasteiger charge is 2.46. The van der Waals surface area contributed by atoms with Gasteiger partial charge in [-0.1, -0.05) is 38.1 Å². The van der Waals surface area contributed by atoms with Crippen LogP contribution in [0.15, 0.2) is 42.0 Å². The van der Waals surface area contributed by atoms with Gasteiger partial charge in [-0.15, -0.1) is 0 Å². The van der Waals surface area contributed by atoms with Crippen LogP contribution in [-0.4, -0.2) is 95.7 Å². The number of allylic oxidation sites excluding steroid dienone is 3. The quantitative estimate of drug-likeness (QED) is 0.123. The first-order chi connectivity index (χ1) is 26.4. The Bertz CT molecular complexity index is 1760. The number of aliphatic hydroxyl groups is 1. The Hall–Kier alpha value is -5.05. The standard InChI is InChI=1S/C40H50N4O11/c1-22-17-24-10-9-23(2)27(12-11-26-19-25(45)20-34(48)54-26)35(24)31(18-22)55-40(52)42-16-5-3-4-15-41-33(47)21-53-30-8-6-7-28-36(30)39(51)44(38(28)50)29-13-14-32(46)43-37(29)49/h6-10,17,22-23,25-27,29,31,35,45H,3-5,11-16,18-21H2,1-2H3,(H,41,47)(H,42,52)(H,43,46,49)/t22-,23-,25+,26+,27-,29?,31-,35-/m0/s1. The summed E-state index contributed by atoms with van der Waals surface area (Å²) in [5.74, 6) is -2.59. The van der Waals surface area contributed by atoms with Gasteiger partial charge in [0.25, 0.3) is 17.7 Å². The van der Waals surface area contributed by atoms with Crippen LogP contribution in [0.4, 0.5) is 4.79 Å². The minimum absolute atomic E-state index is 0.00563. The van der Waals surface area contributed by atoms with E-state index in [-0.39, 0.29) is 78.0 Å². The lowest BCUT2D eigenvalue weighted by atomic mass is 9.65. The zero-order valence-electron chi connectivity index (χ0n) is 31.3. The van der Waals surface area contributed by atoms with Gasteiger partial charge in [-0.25, -0.2) is 4.79 Å². The van der Waals surface area contributed by atoms with E-state index in [1.165, 1.54) is 23.8 Å². The number of nitrogens with one attached hydrogen (secondary N) is 3. The van der Waals surface area contributed by atoms with E-state index in [4.69, 9.17) is 14.2 Å². The highest BCUT2D eigenvalue weighted by molar-refractivity contribution is 6.24. The van der Waals surface area contributed by atoms with E-state index < -0.39 is 54.4 Å². The lowest BCUT2D eigenvalue weighted by Crippen LogP contribution is -2.54. The van der Waals surface area contributed by atoms with Crippen molar-refractivity contribution in [1.29, 1.82) is 0 Å². The molecule has 4 N–H and O–H groups in total. The average molecular weight is 763 g/mol. The number of rotatable bonds is 14. The molecule has 0 aromatic heterocycles. The molecule has 2 fully saturated rings. The zero-order valence-corrected chi connectivity index (χ0v) is 31.3. The molecular formula is C40H50N4O11. The second-order valence-electron chi connectivity index (χ2n) is 15.3. The molecule has 6 rings (SSSR count). The van der Waals surface area contributed by atoms with E-state index in [1.807, 2.05) is 0 Å². The molecule has 2 aliphatic carbocycles. The van der Waals surface area contributed by atoms with Crippen LogP contribution >= 0.6 is 0 Å². The topological polar surface area (TPSA) is 207 Å². The van der Waals surface area contributed by atoms with Gasteiger partial charge in [0.15, 0.2) is 6.61 Å². The molecule has 1 aromatic carbocycles. The first-order valence-electron chi connectivity index (χ1n) is 19.4. The molecule has 15 heteroatoms. The van der Waals surface area contributed by atoms with Crippen LogP contribution in [0.25, 0.3) is 0 Å². The van der Waals surface area contributed by atoms with Crippen LogP contribution < -0.4 is 20.7 Å². The Labute approximate surface area is 319 Å². The summed E-state index contributed by atoms with van der Waals surface area (Å²) in [6, 6.07) is 3.34. The number of carbonyl (C=O) groups excluding carboxylic acids is 7. The predicted molar refractivity (Wildman–Crippen MR) is 195 cm³/mol. The van der Waals surface area contributed by atoms with Crippen molar-refractivity contribution in [2.75, 3.05) is 19.7 Å². The summed E-state index contributed by atoms with van der Waals surface area (Å²) in [5.41, 5.74) is 1.20. The van der Waals surface area contributed by atoms with Crippen LogP contribution in [0.1, 0.15) is 98.8 Å². The average Bonchev–Trinajstić information content (AvgIpc) is 3.38. The number of esters is 1. The molecule has 3 heterocycles. The predicted octanol–water partition coefficient (Wildman–Crippen LogP) is 3.10. The molecule has 55 heavy (non-hydrogen) atoms. The number of aliphatic hydroxyl groups excluding tert-OH is 1. The van der Waals surface area contributed by atoms with Crippen molar-refractivity contribution < 1.29 is 52.9 Å². The number of piperidine rings is 1. The van der Waals surface area contributed by atoms with Crippen LogP contribution in [0.2, 0.25) is 0 Å². The molecule has 1 aromatic rings. The molecule has 0 saturated carbocycles. The number of alkyl carbamates (subject to hydrolysis) is 1. The van der Waals surface area contributed by atoms with Crippen LogP contribution in [0, 0.1) is 23.7 Å². The molecule has 0 spiro atoms. The third-order valence-electron chi connectivity index (χ3n) is 11.1. The van der Waals surface area contributed by atoms with Gasteiger partial charge in [-0.3, -0.25) is 39.0 Å². The Morgan fingerprint density at radius 3 is 2.55 bits per heavy atom. The molecule has 0 bridgehead atoms. The van der Waals surface area contributed by atoms with E-state index in [0.29, 0.717) is 45.2 Å². The van der Waals surface area contributed by atoms with Crippen LogP contribution in [0.5, 0.6) is 5.75 Å². The lowest BCUT2D eigenvalue weighted by molar-refractivity contribution is -0.160. The van der Waals surface area contributed by atoms with Crippen molar-refractivity contribution in [3.05, 3.63) is 53.1 Å². The van der Waals surface area contributed by atoms with Crippen LogP contribution in [-0.2, 0) is 28.7 Å². The van der Waals surface area contributed by atoms with E-state index in [0.717, 1.165) is 17.7 Å². The summed E-state index contributed by atoms with van der Waals surface area (Å²) in [7, 11) is 0. The van der Waals surface area contributed by atoms with Gasteiger partial charge in [0, 0.05) is 31.8 Å². The number of hydrogen-bond acceptors (Lipinski definition) is 11. The van der Waals surface area contributed by atoms with Gasteiger partial charge >= 0.3 is 12.1 Å². The number of imide groups is 2. The molecular weight excluding hydrogens is 712 g/mol. The van der Waals surface area contributed by atoms with Crippen molar-refractivity contribution >= 4 is 41.6 Å². The fraction of sp³-hybridized carbons (Fsp3) is 0.575. The zero-order chi connectivity index (χ0) is 39.2. The molecule has 6 amide bonds. The van der Waals surface area contributed by atoms with Crippen LogP contribution in [0.3, 0.4) is 0 Å². The molecule has 5 aliphatic rings. The maximum atomic E-state index is 13.2. The number of cyclic esters (lactones) is 1. The molecule has 2 saturated heterocycles. The summed E-state index contributed by atoms with van der Waals surface area (Å²) in [5, 5.41) is 17.8. The normalized spacial score (nSPS) is 28.7. The summed E-state index contributed by atoms with van der Waals surface area (Å²) in [4.78, 5) is 88.4. The Morgan fingerprint density at radius 2 is 1.78 bits per heavy atom. The maximum absolute atomic E-state index is 13.2. The molecule has 296 valence electrons. The monoisotopic (exact) mass is 762 g/mol. The fourth-order valence-corrected chi connectivity index (χ4v) is 8.46. The number of amides is 6. The van der Waals surface area contributed by atoms with E-state index in [2.05, 4.69) is 48.0 Å². The number of ether oxygens (including phenoxy) is 3. The minimum atomic E-state index is -1.11. The van der Waals surface area contributed by atoms with E-state index in [1.54, 1.807) is 0 Å². The third kappa shape index (κ3) is 9.43. The molecule has 3 aliphatic heterocycles. The summed E-state index contributed by atoms with van der Waals surface area (Å²) in [6.07, 6.45) is 9.50. The lowest BCUT2D eigenvalue weighted by Gasteiger charge is -2.43. The minimum Gasteiger partial charge on any atom is -0.483 e. The van der Waals surface area contributed by atoms with Crippen molar-refractivity contribution in [2.24, 2.45) is 23.7 Å². The molecule has 0 radical (unpaired) electrons. The smallest absolute Gasteiger partial charge is 0.407 e. The summed E-state index contributed by atoms with van der Waals surface area (Å²) < 4.78 is 17.2. The summed E-state index contributed by atoms with van der Waals surface area (Å²) in [6.45, 7) is 4.64. The van der Waals surface area contributed by atoms with Crippen molar-refractivity contribution in [2.45, 2.75) is 102 Å². The van der Waals surface area contributed by atoms with E-state index >= 15 is 0 Å². The van der Waals surface area contributed by atoms with Gasteiger partial charge < -0.3 is 30.0 Å². The second kappa shape index (κ2) is 17.6. The Balaban J connectivity index is 0.897. The van der Waals surface area contributed by atoms with Gasteiger partial charge in [0.1, 0.15) is 24.0 Å². The van der Waals surface area contributed by atoms with Gasteiger partial charge in [0.05, 0.1) is 23.7 Å². The van der Waals surface area contributed by atoms with Gasteiger partial charge in [0.2, 0.25) is 11.8 Å². The highest BCUT2D eigenvalue weighted by atomic mass is 16.6. The first-order valence-corrected chi connectivity index (χ1v) is 19.4. The largest absolute Gasteiger partial charge is 0.483 e. The summed E-state index contributed by atoms with van der Waals surface area (Å²) >= 11 is 0. The SMILES string of the molecule is C[C@H]1C=C2C=C[C@H](C)[C@H](CC[C@@H]3C[C@@H](O)CC(=O)O3)[C@H]2[C@@H](OC(=O)NCCCCCNC(=O)COc2cccc3c2C(=O)N(C2CCC(=O)NC2=O)C3=O)C1. The number of unbranched alkanes of at least 4 members (excludes halogenated alkanes) is 2. The second-order valence-corrected chi connectivity index (χ2v) is 15.3. The highest BCUT2D eigenvalue weighted by Crippen LogP contribution is 2.45.